The molecule has 1 aromatic heterocycles. The number of carbonyl (C=O) groups is 2. The van der Waals surface area contributed by atoms with E-state index in [1.165, 1.54) is 0 Å². The highest BCUT2D eigenvalue weighted by atomic mass is 32.2. The van der Waals surface area contributed by atoms with Gasteiger partial charge in [0.25, 0.3) is 17.0 Å². The van der Waals surface area contributed by atoms with Crippen LogP contribution in [0.2, 0.25) is 0 Å². The second-order valence-corrected chi connectivity index (χ2v) is 7.05. The molecule has 27 heavy (non-hydrogen) atoms. The number of benzene rings is 2. The summed E-state index contributed by atoms with van der Waals surface area (Å²) < 4.78 is 5.64. The van der Waals surface area contributed by atoms with Gasteiger partial charge in [-0.25, -0.2) is 0 Å². The molecular weight excluding hydrogens is 364 g/mol. The van der Waals surface area contributed by atoms with Crippen molar-refractivity contribution in [2.45, 2.75) is 24.3 Å². The normalized spacial score (nSPS) is 11.6. The number of aromatic nitrogens is 2. The smallest absolute Gasteiger partial charge is 0.277 e. The monoisotopic (exact) mass is 382 g/mol. The fourth-order valence-electron chi connectivity index (χ4n) is 2.27. The van der Waals surface area contributed by atoms with Crippen LogP contribution in [0.4, 0.5) is 0 Å². The van der Waals surface area contributed by atoms with Crippen LogP contribution in [0.5, 0.6) is 0 Å². The maximum Gasteiger partial charge on any atom is 0.277 e. The molecule has 1 heterocycles. The molecule has 7 nitrogen and oxygen atoms in total. The van der Waals surface area contributed by atoms with Crippen LogP contribution in [-0.4, -0.2) is 27.3 Å². The number of hydrogen-bond acceptors (Lipinski definition) is 6. The molecule has 0 bridgehead atoms. The summed E-state index contributed by atoms with van der Waals surface area (Å²) in [6.07, 6.45) is 0. The first-order valence-electron chi connectivity index (χ1n) is 8.26. The van der Waals surface area contributed by atoms with Gasteiger partial charge in [-0.2, -0.15) is 0 Å². The summed E-state index contributed by atoms with van der Waals surface area (Å²) in [6, 6.07) is 16.3. The lowest BCUT2D eigenvalue weighted by Gasteiger charge is -2.11. The topological polar surface area (TPSA) is 97.1 Å². The molecule has 0 saturated heterocycles. The molecular formula is C19H18N4O3S. The lowest BCUT2D eigenvalue weighted by atomic mass is 10.1. The number of thioether (sulfide) groups is 1. The van der Waals surface area contributed by atoms with Gasteiger partial charge in [-0.1, -0.05) is 48.2 Å². The van der Waals surface area contributed by atoms with Crippen LogP contribution in [0.3, 0.4) is 0 Å². The standard InChI is InChI=1S/C19H18N4O3S/c1-12-8-6-7-11-15(12)18-22-23-19(26-18)27-13(2)16(24)20-21-17(25)14-9-4-3-5-10-14/h3-11,13H,1-2H3,(H,20,24)(H,21,25)/t13-/m0/s1. The van der Waals surface area contributed by atoms with E-state index in [0.29, 0.717) is 11.5 Å². The van der Waals surface area contributed by atoms with Crippen LogP contribution >= 0.6 is 11.8 Å². The summed E-state index contributed by atoms with van der Waals surface area (Å²) >= 11 is 1.12. The Bertz CT molecular complexity index is 943. The fraction of sp³-hybridized carbons (Fsp3) is 0.158. The molecule has 0 aliphatic rings. The second-order valence-electron chi connectivity index (χ2n) is 5.76. The average molecular weight is 382 g/mol. The molecule has 3 rings (SSSR count). The number of rotatable bonds is 5. The van der Waals surface area contributed by atoms with Gasteiger partial charge < -0.3 is 4.42 Å². The van der Waals surface area contributed by atoms with Crippen LogP contribution in [0.25, 0.3) is 11.5 Å². The number of nitrogens with one attached hydrogen (secondary N) is 2. The van der Waals surface area contributed by atoms with Gasteiger partial charge in [-0.3, -0.25) is 20.4 Å². The van der Waals surface area contributed by atoms with Gasteiger partial charge in [-0.05, 0) is 37.6 Å². The van der Waals surface area contributed by atoms with Crippen LogP contribution in [0.15, 0.2) is 64.2 Å². The third-order valence-corrected chi connectivity index (χ3v) is 4.70. The maximum atomic E-state index is 12.2. The number of hydrazine groups is 1. The van der Waals surface area contributed by atoms with Gasteiger partial charge in [0.05, 0.1) is 5.25 Å². The highest BCUT2D eigenvalue weighted by molar-refractivity contribution is 8.00. The van der Waals surface area contributed by atoms with Crippen LogP contribution in [0.1, 0.15) is 22.8 Å². The van der Waals surface area contributed by atoms with Crippen molar-refractivity contribution in [3.8, 4) is 11.5 Å². The number of aryl methyl sites for hydroxylation is 1. The van der Waals surface area contributed by atoms with Gasteiger partial charge in [-0.15, -0.1) is 10.2 Å². The first-order chi connectivity index (χ1) is 13.0. The lowest BCUT2D eigenvalue weighted by Crippen LogP contribution is -2.44. The predicted octanol–water partition coefficient (Wildman–Crippen LogP) is 2.99. The molecule has 0 aliphatic heterocycles. The Balaban J connectivity index is 1.56. The number of amides is 2. The Labute approximate surface area is 160 Å². The van der Waals surface area contributed by atoms with E-state index < -0.39 is 5.25 Å². The molecule has 8 heteroatoms. The first kappa shape index (κ1) is 18.7. The minimum absolute atomic E-state index is 0.283. The van der Waals surface area contributed by atoms with Gasteiger partial charge in [0.15, 0.2) is 0 Å². The van der Waals surface area contributed by atoms with E-state index in [9.17, 15) is 9.59 Å². The number of carbonyl (C=O) groups excluding carboxylic acids is 2. The lowest BCUT2D eigenvalue weighted by molar-refractivity contribution is -0.121. The van der Waals surface area contributed by atoms with E-state index >= 15 is 0 Å². The first-order valence-corrected chi connectivity index (χ1v) is 9.14. The van der Waals surface area contributed by atoms with Crippen molar-refractivity contribution in [3.05, 3.63) is 65.7 Å². The Kier molecular flexibility index (Phi) is 5.87. The molecule has 0 saturated carbocycles. The Morgan fingerprint density at radius 2 is 1.70 bits per heavy atom. The fourth-order valence-corrected chi connectivity index (χ4v) is 2.95. The molecule has 2 N–H and O–H groups in total. The number of hydrogen-bond donors (Lipinski definition) is 2. The van der Waals surface area contributed by atoms with E-state index in [0.717, 1.165) is 22.9 Å². The quantitative estimate of drug-likeness (QED) is 0.520. The highest BCUT2D eigenvalue weighted by Crippen LogP contribution is 2.27. The van der Waals surface area contributed by atoms with Gasteiger partial charge in [0.2, 0.25) is 5.89 Å². The van der Waals surface area contributed by atoms with Crippen LogP contribution in [-0.2, 0) is 4.79 Å². The Morgan fingerprint density at radius 3 is 2.44 bits per heavy atom. The van der Waals surface area contributed by atoms with E-state index in [4.69, 9.17) is 4.42 Å². The zero-order valence-corrected chi connectivity index (χ0v) is 15.6. The van der Waals surface area contributed by atoms with Crippen molar-refractivity contribution >= 4 is 23.6 Å². The molecule has 2 aromatic carbocycles. The predicted molar refractivity (Wildman–Crippen MR) is 102 cm³/mol. The Hall–Kier alpha value is -3.13. The minimum atomic E-state index is -0.536. The average Bonchev–Trinajstić information content (AvgIpc) is 3.15. The molecule has 0 fully saturated rings. The summed E-state index contributed by atoms with van der Waals surface area (Å²) in [4.78, 5) is 24.1. The molecule has 1 atom stereocenters. The molecule has 0 aliphatic carbocycles. The molecule has 3 aromatic rings. The van der Waals surface area contributed by atoms with E-state index in [2.05, 4.69) is 21.0 Å². The molecule has 0 radical (unpaired) electrons. The number of nitrogens with zero attached hydrogens (tertiary/aromatic N) is 2. The van der Waals surface area contributed by atoms with Crippen LogP contribution < -0.4 is 10.9 Å². The molecule has 0 unspecified atom stereocenters. The van der Waals surface area contributed by atoms with Crippen molar-refractivity contribution < 1.29 is 14.0 Å². The van der Waals surface area contributed by atoms with Crippen molar-refractivity contribution in [1.82, 2.24) is 21.0 Å². The van der Waals surface area contributed by atoms with Crippen molar-refractivity contribution in [3.63, 3.8) is 0 Å². The van der Waals surface area contributed by atoms with Crippen molar-refractivity contribution in [1.29, 1.82) is 0 Å². The third kappa shape index (κ3) is 4.73. The summed E-state index contributed by atoms with van der Waals surface area (Å²) in [5.41, 5.74) is 7.11. The second kappa shape index (κ2) is 8.50. The Morgan fingerprint density at radius 1 is 1.00 bits per heavy atom. The van der Waals surface area contributed by atoms with E-state index in [1.54, 1.807) is 31.2 Å². The van der Waals surface area contributed by atoms with Crippen molar-refractivity contribution in [2.24, 2.45) is 0 Å². The van der Waals surface area contributed by atoms with Crippen molar-refractivity contribution in [2.75, 3.05) is 0 Å². The largest absolute Gasteiger partial charge is 0.411 e. The minimum Gasteiger partial charge on any atom is -0.411 e. The maximum absolute atomic E-state index is 12.2. The van der Waals surface area contributed by atoms with Crippen LogP contribution in [0, 0.1) is 6.92 Å². The van der Waals surface area contributed by atoms with Gasteiger partial charge >= 0.3 is 0 Å². The zero-order valence-electron chi connectivity index (χ0n) is 14.8. The zero-order chi connectivity index (χ0) is 19.2. The molecule has 0 spiro atoms. The third-order valence-electron chi connectivity index (χ3n) is 3.76. The highest BCUT2D eigenvalue weighted by Gasteiger charge is 2.19. The summed E-state index contributed by atoms with van der Waals surface area (Å²) in [5.74, 6) is -0.360. The summed E-state index contributed by atoms with van der Waals surface area (Å²) in [5, 5.41) is 7.76. The SMILES string of the molecule is Cc1ccccc1-c1nnc(S[C@@H](C)C(=O)NNC(=O)c2ccccc2)o1. The van der Waals surface area contributed by atoms with E-state index in [1.807, 2.05) is 37.3 Å². The molecule has 138 valence electrons. The van der Waals surface area contributed by atoms with Gasteiger partial charge in [0, 0.05) is 11.1 Å². The molecule has 2 amide bonds. The van der Waals surface area contributed by atoms with Gasteiger partial charge in [0.1, 0.15) is 0 Å². The summed E-state index contributed by atoms with van der Waals surface area (Å²) in [6.45, 7) is 3.64. The summed E-state index contributed by atoms with van der Waals surface area (Å²) in [7, 11) is 0. The van der Waals surface area contributed by atoms with E-state index in [-0.39, 0.29) is 17.0 Å².